The molecule has 0 unspecified atom stereocenters. The number of methoxy groups -OCH3 is 2. The molecular formula is C30H24BrNO3. The second kappa shape index (κ2) is 10.2. The molecule has 0 saturated heterocycles. The van der Waals surface area contributed by atoms with Crippen LogP contribution in [0.15, 0.2) is 112 Å². The minimum Gasteiger partial charge on any atom is -0.493 e. The van der Waals surface area contributed by atoms with Gasteiger partial charge in [0.05, 0.1) is 19.9 Å². The number of hydrogen-bond acceptors (Lipinski definition) is 4. The summed E-state index contributed by atoms with van der Waals surface area (Å²) < 4.78 is 18.5. The Balaban J connectivity index is 1.75. The van der Waals surface area contributed by atoms with E-state index >= 15 is 0 Å². The van der Waals surface area contributed by atoms with E-state index in [0.29, 0.717) is 11.5 Å². The quantitative estimate of drug-likeness (QED) is 0.241. The average molecular weight is 526 g/mol. The summed E-state index contributed by atoms with van der Waals surface area (Å²) in [4.78, 5) is 4.86. The number of ether oxygens (including phenoxy) is 3. The van der Waals surface area contributed by atoms with Crippen molar-refractivity contribution in [3.05, 3.63) is 124 Å². The van der Waals surface area contributed by atoms with Gasteiger partial charge in [0.25, 0.3) is 0 Å². The van der Waals surface area contributed by atoms with E-state index in [0.717, 1.165) is 43.9 Å². The Hall–Kier alpha value is -3.83. The first-order valence-corrected chi connectivity index (χ1v) is 12.1. The van der Waals surface area contributed by atoms with Crippen LogP contribution in [0.4, 0.5) is 5.69 Å². The fourth-order valence-corrected chi connectivity index (χ4v) is 4.70. The normalized spacial score (nSPS) is 15.0. The Morgan fingerprint density at radius 1 is 0.800 bits per heavy atom. The van der Waals surface area contributed by atoms with Crippen LogP contribution >= 0.6 is 15.9 Å². The molecule has 0 fully saturated rings. The zero-order chi connectivity index (χ0) is 24.2. The van der Waals surface area contributed by atoms with Gasteiger partial charge in [-0.25, -0.2) is 0 Å². The van der Waals surface area contributed by atoms with Crippen molar-refractivity contribution in [2.45, 2.75) is 5.92 Å². The molecule has 4 nitrogen and oxygen atoms in total. The zero-order valence-electron chi connectivity index (χ0n) is 19.4. The van der Waals surface area contributed by atoms with E-state index in [1.165, 1.54) is 0 Å². The summed E-state index contributed by atoms with van der Waals surface area (Å²) in [5.41, 5.74) is 4.94. The predicted octanol–water partition coefficient (Wildman–Crippen LogP) is 7.80. The van der Waals surface area contributed by atoms with E-state index in [-0.39, 0.29) is 5.92 Å². The molecule has 0 amide bonds. The Morgan fingerprint density at radius 3 is 2.29 bits per heavy atom. The molecule has 0 bridgehead atoms. The Kier molecular flexibility index (Phi) is 6.68. The topological polar surface area (TPSA) is 40.0 Å². The molecular weight excluding hydrogens is 502 g/mol. The van der Waals surface area contributed by atoms with Crippen molar-refractivity contribution in [3.8, 4) is 17.2 Å². The van der Waals surface area contributed by atoms with Gasteiger partial charge in [-0.05, 0) is 57.9 Å². The van der Waals surface area contributed by atoms with Crippen LogP contribution in [-0.4, -0.2) is 20.4 Å². The molecule has 35 heavy (non-hydrogen) atoms. The molecule has 0 N–H and O–H groups in total. The number of aliphatic imine (C=N–C) groups is 1. The van der Waals surface area contributed by atoms with Gasteiger partial charge in [-0.15, -0.1) is 0 Å². The van der Waals surface area contributed by atoms with Crippen LogP contribution in [-0.2, 0) is 0 Å². The van der Waals surface area contributed by atoms with Crippen LogP contribution in [0.1, 0.15) is 22.6 Å². The number of allylic oxidation sites excluding steroid dienone is 1. The van der Waals surface area contributed by atoms with Crippen LogP contribution in [0, 0.1) is 0 Å². The third kappa shape index (κ3) is 4.60. The van der Waals surface area contributed by atoms with Crippen molar-refractivity contribution in [1.82, 2.24) is 0 Å². The lowest BCUT2D eigenvalue weighted by molar-refractivity contribution is 0.354. The molecule has 5 heteroatoms. The number of nitrogens with zero attached hydrogens (tertiary/aromatic N) is 1. The van der Waals surface area contributed by atoms with Gasteiger partial charge in [-0.1, -0.05) is 60.7 Å². The van der Waals surface area contributed by atoms with Crippen LogP contribution in [0.2, 0.25) is 0 Å². The second-order valence-electron chi connectivity index (χ2n) is 8.05. The number of hydrogen-bond donors (Lipinski definition) is 0. The Morgan fingerprint density at radius 2 is 1.51 bits per heavy atom. The van der Waals surface area contributed by atoms with E-state index < -0.39 is 0 Å². The Labute approximate surface area is 213 Å². The largest absolute Gasteiger partial charge is 0.493 e. The fraction of sp³-hybridized carbons (Fsp3) is 0.100. The first kappa shape index (κ1) is 22.9. The summed E-state index contributed by atoms with van der Waals surface area (Å²) in [6.07, 6.45) is 1.92. The van der Waals surface area contributed by atoms with Crippen molar-refractivity contribution >= 4 is 33.6 Å². The first-order valence-electron chi connectivity index (χ1n) is 11.3. The number of halogens is 1. The van der Waals surface area contributed by atoms with Crippen LogP contribution in [0.25, 0.3) is 5.76 Å². The highest BCUT2D eigenvalue weighted by Crippen LogP contribution is 2.46. The van der Waals surface area contributed by atoms with Gasteiger partial charge < -0.3 is 14.2 Å². The van der Waals surface area contributed by atoms with Gasteiger partial charge in [-0.3, -0.25) is 4.99 Å². The lowest BCUT2D eigenvalue weighted by Gasteiger charge is -2.30. The molecule has 1 aliphatic rings. The molecule has 0 spiro atoms. The summed E-state index contributed by atoms with van der Waals surface area (Å²) >= 11 is 3.61. The summed E-state index contributed by atoms with van der Waals surface area (Å²) in [5.74, 6) is 2.79. The molecule has 4 aromatic carbocycles. The molecule has 174 valence electrons. The van der Waals surface area contributed by atoms with Crippen LogP contribution in [0.3, 0.4) is 0 Å². The molecule has 5 rings (SSSR count). The molecule has 0 aliphatic carbocycles. The molecule has 1 atom stereocenters. The maximum absolute atomic E-state index is 6.55. The van der Waals surface area contributed by atoms with Crippen LogP contribution in [0.5, 0.6) is 17.2 Å². The first-order chi connectivity index (χ1) is 17.2. The summed E-state index contributed by atoms with van der Waals surface area (Å²) in [7, 11) is 3.26. The predicted molar refractivity (Wildman–Crippen MR) is 144 cm³/mol. The standard InChI is InChI=1S/C30H24BrNO3/c1-33-27-17-16-21(18-28(27)34-2)30-23(19-32-25-14-8-7-13-24(25)31)29(20-10-4-3-5-11-20)22-12-6-9-15-26(22)35-30/h3-19,29H,1-2H3/t29-/m1/s1. The highest BCUT2D eigenvalue weighted by Gasteiger charge is 2.31. The van der Waals surface area contributed by atoms with Crippen molar-refractivity contribution in [1.29, 1.82) is 0 Å². The minimum absolute atomic E-state index is 0.0597. The lowest BCUT2D eigenvalue weighted by atomic mass is 9.81. The summed E-state index contributed by atoms with van der Waals surface area (Å²) in [6, 6.07) is 32.3. The highest BCUT2D eigenvalue weighted by molar-refractivity contribution is 9.10. The van der Waals surface area contributed by atoms with Crippen LogP contribution < -0.4 is 14.2 Å². The van der Waals surface area contributed by atoms with Crippen molar-refractivity contribution < 1.29 is 14.2 Å². The van der Waals surface area contributed by atoms with Crippen molar-refractivity contribution in [2.24, 2.45) is 4.99 Å². The monoisotopic (exact) mass is 525 g/mol. The third-order valence-corrected chi connectivity index (χ3v) is 6.66. The smallest absolute Gasteiger partial charge is 0.161 e. The summed E-state index contributed by atoms with van der Waals surface area (Å²) in [5, 5.41) is 0. The van der Waals surface area contributed by atoms with E-state index in [9.17, 15) is 0 Å². The van der Waals surface area contributed by atoms with E-state index in [2.05, 4.69) is 46.3 Å². The fourth-order valence-electron chi connectivity index (χ4n) is 4.32. The number of fused-ring (bicyclic) bond motifs is 1. The molecule has 0 aromatic heterocycles. The second-order valence-corrected chi connectivity index (χ2v) is 8.90. The van der Waals surface area contributed by atoms with Gasteiger partial charge >= 0.3 is 0 Å². The summed E-state index contributed by atoms with van der Waals surface area (Å²) in [6.45, 7) is 0. The molecule has 1 heterocycles. The zero-order valence-corrected chi connectivity index (χ0v) is 21.0. The number of benzene rings is 4. The maximum atomic E-state index is 6.55. The molecule has 0 saturated carbocycles. The van der Waals surface area contributed by atoms with Gasteiger partial charge in [0.2, 0.25) is 0 Å². The maximum Gasteiger partial charge on any atom is 0.161 e. The van der Waals surface area contributed by atoms with Crippen molar-refractivity contribution in [2.75, 3.05) is 14.2 Å². The van der Waals surface area contributed by atoms with E-state index in [1.54, 1.807) is 14.2 Å². The minimum atomic E-state index is -0.0597. The third-order valence-electron chi connectivity index (χ3n) is 5.99. The molecule has 1 aliphatic heterocycles. The lowest BCUT2D eigenvalue weighted by Crippen LogP contribution is -2.17. The SMILES string of the molecule is COc1ccc(C2=C(C=Nc3ccccc3Br)[C@H](c3ccccc3)c3ccccc3O2)cc1OC. The highest BCUT2D eigenvalue weighted by atomic mass is 79.9. The average Bonchev–Trinajstić information content (AvgIpc) is 2.92. The van der Waals surface area contributed by atoms with Gasteiger partial charge in [0.15, 0.2) is 11.5 Å². The molecule has 0 radical (unpaired) electrons. The van der Waals surface area contributed by atoms with Gasteiger partial charge in [0.1, 0.15) is 11.5 Å². The van der Waals surface area contributed by atoms with E-state index in [1.807, 2.05) is 72.9 Å². The van der Waals surface area contributed by atoms with Crippen molar-refractivity contribution in [3.63, 3.8) is 0 Å². The van der Waals surface area contributed by atoms with E-state index in [4.69, 9.17) is 19.2 Å². The van der Waals surface area contributed by atoms with Gasteiger partial charge in [-0.2, -0.15) is 0 Å². The van der Waals surface area contributed by atoms with Gasteiger partial charge in [0, 0.05) is 33.3 Å². The number of para-hydroxylation sites is 2. The molecule has 4 aromatic rings. The Bertz CT molecular complexity index is 1410. The number of rotatable bonds is 6.